The van der Waals surface area contributed by atoms with Gasteiger partial charge in [0, 0.05) is 30.6 Å². The van der Waals surface area contributed by atoms with Gasteiger partial charge in [0.15, 0.2) is 0 Å². The Bertz CT molecular complexity index is 589. The number of fused-ring (bicyclic) bond motifs is 1. The second-order valence-electron chi connectivity index (χ2n) is 6.21. The third kappa shape index (κ3) is 3.33. The smallest absolute Gasteiger partial charge is 0.134 e. The molecule has 0 unspecified atom stereocenters. The van der Waals surface area contributed by atoms with Gasteiger partial charge in [-0.25, -0.2) is 0 Å². The van der Waals surface area contributed by atoms with Gasteiger partial charge in [0.2, 0.25) is 0 Å². The molecule has 1 aliphatic heterocycles. The number of furan rings is 1. The molecule has 1 fully saturated rings. The SMILES string of the molecule is Cl.c1ccc(-c2cc3c(o2)CCCN(CC2CC2)C3)cc1. The topological polar surface area (TPSA) is 16.4 Å². The number of halogens is 1. The first-order valence-corrected chi connectivity index (χ1v) is 7.78. The molecular formula is C18H22ClNO. The second kappa shape index (κ2) is 6.25. The van der Waals surface area contributed by atoms with Gasteiger partial charge in [-0.2, -0.15) is 0 Å². The molecule has 2 heterocycles. The minimum atomic E-state index is 0. The molecule has 2 aliphatic rings. The number of benzene rings is 1. The van der Waals surface area contributed by atoms with Crippen molar-refractivity contribution in [2.24, 2.45) is 5.92 Å². The molecular weight excluding hydrogens is 282 g/mol. The van der Waals surface area contributed by atoms with Gasteiger partial charge in [0.25, 0.3) is 0 Å². The maximum absolute atomic E-state index is 6.11. The van der Waals surface area contributed by atoms with Crippen LogP contribution in [0.15, 0.2) is 40.8 Å². The molecule has 0 amide bonds. The van der Waals surface area contributed by atoms with Gasteiger partial charge < -0.3 is 4.42 Å². The van der Waals surface area contributed by atoms with Gasteiger partial charge in [-0.3, -0.25) is 4.90 Å². The summed E-state index contributed by atoms with van der Waals surface area (Å²) in [6.45, 7) is 3.58. The normalized spacial score (nSPS) is 18.7. The van der Waals surface area contributed by atoms with E-state index in [1.54, 1.807) is 0 Å². The molecule has 0 atom stereocenters. The van der Waals surface area contributed by atoms with E-state index in [1.807, 2.05) is 0 Å². The lowest BCUT2D eigenvalue weighted by Crippen LogP contribution is -2.25. The lowest BCUT2D eigenvalue weighted by atomic mass is 10.1. The molecule has 0 bridgehead atoms. The van der Waals surface area contributed by atoms with Crippen molar-refractivity contribution in [3.8, 4) is 11.3 Å². The monoisotopic (exact) mass is 303 g/mol. The number of nitrogens with zero attached hydrogens (tertiary/aromatic N) is 1. The highest BCUT2D eigenvalue weighted by atomic mass is 35.5. The van der Waals surface area contributed by atoms with Crippen molar-refractivity contribution in [2.45, 2.75) is 32.2 Å². The summed E-state index contributed by atoms with van der Waals surface area (Å²) >= 11 is 0. The Labute approximate surface area is 132 Å². The van der Waals surface area contributed by atoms with Crippen molar-refractivity contribution in [2.75, 3.05) is 13.1 Å². The summed E-state index contributed by atoms with van der Waals surface area (Å²) in [7, 11) is 0. The van der Waals surface area contributed by atoms with Crippen LogP contribution in [0.4, 0.5) is 0 Å². The van der Waals surface area contributed by atoms with E-state index in [0.29, 0.717) is 0 Å². The average molecular weight is 304 g/mol. The molecule has 1 aromatic heterocycles. The Morgan fingerprint density at radius 1 is 1.14 bits per heavy atom. The Morgan fingerprint density at radius 3 is 2.71 bits per heavy atom. The highest BCUT2D eigenvalue weighted by Gasteiger charge is 2.26. The van der Waals surface area contributed by atoms with Crippen LogP contribution in [-0.2, 0) is 13.0 Å². The number of hydrogen-bond donors (Lipinski definition) is 0. The molecule has 112 valence electrons. The molecule has 1 saturated carbocycles. The van der Waals surface area contributed by atoms with Gasteiger partial charge >= 0.3 is 0 Å². The zero-order chi connectivity index (χ0) is 13.4. The fourth-order valence-electron chi connectivity index (χ4n) is 3.16. The van der Waals surface area contributed by atoms with Gasteiger partial charge in [-0.15, -0.1) is 12.4 Å². The van der Waals surface area contributed by atoms with E-state index in [2.05, 4.69) is 41.3 Å². The van der Waals surface area contributed by atoms with Crippen LogP contribution in [0, 0.1) is 5.92 Å². The van der Waals surface area contributed by atoms with Crippen molar-refractivity contribution in [3.63, 3.8) is 0 Å². The zero-order valence-corrected chi connectivity index (χ0v) is 13.1. The summed E-state index contributed by atoms with van der Waals surface area (Å²) in [6, 6.07) is 12.7. The zero-order valence-electron chi connectivity index (χ0n) is 12.3. The molecule has 0 N–H and O–H groups in total. The Hall–Kier alpha value is -1.25. The number of rotatable bonds is 3. The maximum atomic E-state index is 6.11. The largest absolute Gasteiger partial charge is 0.461 e. The van der Waals surface area contributed by atoms with E-state index >= 15 is 0 Å². The molecule has 1 aromatic carbocycles. The fourth-order valence-corrected chi connectivity index (χ4v) is 3.16. The van der Waals surface area contributed by atoms with Gasteiger partial charge in [-0.1, -0.05) is 30.3 Å². The predicted octanol–water partition coefficient (Wildman–Crippen LogP) is 4.53. The summed E-state index contributed by atoms with van der Waals surface area (Å²) in [5.74, 6) is 3.21. The van der Waals surface area contributed by atoms with Crippen molar-refractivity contribution < 1.29 is 4.42 Å². The molecule has 0 radical (unpaired) electrons. The summed E-state index contributed by atoms with van der Waals surface area (Å²) in [5, 5.41) is 0. The van der Waals surface area contributed by atoms with Crippen LogP contribution in [0.1, 0.15) is 30.6 Å². The standard InChI is InChI=1S/C18H21NO.ClH/c1-2-5-15(6-3-1)18-11-16-13-19(12-14-8-9-14)10-4-7-17(16)20-18;/h1-3,5-6,11,14H,4,7-10,12-13H2;1H. The average Bonchev–Trinajstić information content (AvgIpc) is 3.24. The summed E-state index contributed by atoms with van der Waals surface area (Å²) in [6.07, 6.45) is 5.18. The Kier molecular flexibility index (Phi) is 4.37. The number of aryl methyl sites for hydroxylation is 1. The van der Waals surface area contributed by atoms with E-state index in [4.69, 9.17) is 4.42 Å². The molecule has 21 heavy (non-hydrogen) atoms. The van der Waals surface area contributed by atoms with E-state index in [-0.39, 0.29) is 12.4 Å². The first-order chi connectivity index (χ1) is 9.88. The van der Waals surface area contributed by atoms with Gasteiger partial charge in [0.1, 0.15) is 11.5 Å². The third-order valence-electron chi connectivity index (χ3n) is 4.44. The lowest BCUT2D eigenvalue weighted by molar-refractivity contribution is 0.258. The maximum Gasteiger partial charge on any atom is 0.134 e. The van der Waals surface area contributed by atoms with Crippen LogP contribution in [0.5, 0.6) is 0 Å². The van der Waals surface area contributed by atoms with Crippen LogP contribution in [-0.4, -0.2) is 18.0 Å². The summed E-state index contributed by atoms with van der Waals surface area (Å²) in [4.78, 5) is 2.62. The van der Waals surface area contributed by atoms with Crippen LogP contribution >= 0.6 is 12.4 Å². The minimum absolute atomic E-state index is 0. The Balaban J connectivity index is 0.00000132. The van der Waals surface area contributed by atoms with Crippen LogP contribution in [0.2, 0.25) is 0 Å². The highest BCUT2D eigenvalue weighted by Crippen LogP contribution is 2.33. The second-order valence-corrected chi connectivity index (χ2v) is 6.21. The highest BCUT2D eigenvalue weighted by molar-refractivity contribution is 5.85. The molecule has 2 nitrogen and oxygen atoms in total. The van der Waals surface area contributed by atoms with Crippen LogP contribution < -0.4 is 0 Å². The molecule has 0 spiro atoms. The molecule has 1 aliphatic carbocycles. The molecule has 0 saturated heterocycles. The molecule has 3 heteroatoms. The third-order valence-corrected chi connectivity index (χ3v) is 4.44. The van der Waals surface area contributed by atoms with E-state index in [9.17, 15) is 0 Å². The molecule has 4 rings (SSSR count). The van der Waals surface area contributed by atoms with Crippen molar-refractivity contribution in [1.29, 1.82) is 0 Å². The lowest BCUT2D eigenvalue weighted by Gasteiger charge is -2.19. The quantitative estimate of drug-likeness (QED) is 0.828. The van der Waals surface area contributed by atoms with E-state index in [1.165, 1.54) is 49.2 Å². The minimum Gasteiger partial charge on any atom is -0.461 e. The predicted molar refractivity (Wildman–Crippen MR) is 87.7 cm³/mol. The van der Waals surface area contributed by atoms with Crippen molar-refractivity contribution >= 4 is 12.4 Å². The number of hydrogen-bond acceptors (Lipinski definition) is 2. The summed E-state index contributed by atoms with van der Waals surface area (Å²) < 4.78 is 6.11. The molecule has 2 aromatic rings. The first-order valence-electron chi connectivity index (χ1n) is 7.78. The van der Waals surface area contributed by atoms with Crippen LogP contribution in [0.3, 0.4) is 0 Å². The first kappa shape index (κ1) is 14.7. The summed E-state index contributed by atoms with van der Waals surface area (Å²) in [5.41, 5.74) is 2.59. The van der Waals surface area contributed by atoms with Crippen molar-refractivity contribution in [1.82, 2.24) is 4.90 Å². The Morgan fingerprint density at radius 2 is 1.95 bits per heavy atom. The van der Waals surface area contributed by atoms with Crippen molar-refractivity contribution in [3.05, 3.63) is 47.7 Å². The fraction of sp³-hybridized carbons (Fsp3) is 0.444. The van der Waals surface area contributed by atoms with Gasteiger partial charge in [0.05, 0.1) is 0 Å². The van der Waals surface area contributed by atoms with E-state index in [0.717, 1.165) is 24.6 Å². The van der Waals surface area contributed by atoms with Gasteiger partial charge in [-0.05, 0) is 37.8 Å². The van der Waals surface area contributed by atoms with Crippen LogP contribution in [0.25, 0.3) is 11.3 Å². The van der Waals surface area contributed by atoms with E-state index < -0.39 is 0 Å².